The summed E-state index contributed by atoms with van der Waals surface area (Å²) in [5.74, 6) is -1.23. The van der Waals surface area contributed by atoms with E-state index in [1.54, 1.807) is 31.1 Å². The molecule has 0 bridgehead atoms. The summed E-state index contributed by atoms with van der Waals surface area (Å²) in [6.45, 7) is 8.99. The summed E-state index contributed by atoms with van der Waals surface area (Å²) < 4.78 is 11.1. The number of amides is 1. The van der Waals surface area contributed by atoms with Gasteiger partial charge in [-0.1, -0.05) is 0 Å². The van der Waals surface area contributed by atoms with Crippen molar-refractivity contribution in [1.82, 2.24) is 9.88 Å². The van der Waals surface area contributed by atoms with Gasteiger partial charge >= 0.3 is 6.09 Å². The Kier molecular flexibility index (Phi) is 5.50. The second-order valence-electron chi connectivity index (χ2n) is 7.67. The Balaban J connectivity index is 2.20. The molecular weight excluding hydrogens is 308 g/mol. The van der Waals surface area contributed by atoms with E-state index in [-0.39, 0.29) is 24.8 Å². The molecule has 134 valence electrons. The van der Waals surface area contributed by atoms with Crippen LogP contribution in [0.4, 0.5) is 4.79 Å². The maximum atomic E-state index is 12.7. The first-order chi connectivity index (χ1) is 11.1. The van der Waals surface area contributed by atoms with Crippen LogP contribution in [0.1, 0.15) is 59.1 Å². The lowest BCUT2D eigenvalue weighted by atomic mass is 10.1. The Morgan fingerprint density at radius 3 is 2.42 bits per heavy atom. The topological polar surface area (TPSA) is 71.9 Å². The molecule has 0 aliphatic carbocycles. The zero-order valence-electron chi connectivity index (χ0n) is 15.2. The van der Waals surface area contributed by atoms with Crippen LogP contribution in [0.3, 0.4) is 0 Å². The lowest BCUT2D eigenvalue weighted by Crippen LogP contribution is -2.44. The molecule has 6 nitrogen and oxygen atoms in total. The highest BCUT2D eigenvalue weighted by atomic mass is 16.6. The summed E-state index contributed by atoms with van der Waals surface area (Å²) in [5, 5.41) is 9.81. The number of aromatic nitrogens is 1. The van der Waals surface area contributed by atoms with Gasteiger partial charge in [0.05, 0.1) is 18.7 Å². The van der Waals surface area contributed by atoms with Crippen molar-refractivity contribution < 1.29 is 19.4 Å². The number of hydrogen-bond acceptors (Lipinski definition) is 5. The van der Waals surface area contributed by atoms with Crippen LogP contribution >= 0.6 is 0 Å². The van der Waals surface area contributed by atoms with E-state index in [2.05, 4.69) is 4.98 Å². The Bertz CT molecular complexity index is 548. The number of aliphatic hydroxyl groups is 1. The van der Waals surface area contributed by atoms with E-state index in [1.165, 1.54) is 0 Å². The molecule has 0 saturated carbocycles. The molecule has 24 heavy (non-hydrogen) atoms. The van der Waals surface area contributed by atoms with E-state index >= 15 is 0 Å². The minimum atomic E-state index is -1.23. The monoisotopic (exact) mass is 336 g/mol. The molecule has 1 amide bonds. The summed E-state index contributed by atoms with van der Waals surface area (Å²) in [6, 6.07) is 3.63. The van der Waals surface area contributed by atoms with Gasteiger partial charge in [0.2, 0.25) is 0 Å². The summed E-state index contributed by atoms with van der Waals surface area (Å²) in [6.07, 6.45) is 4.71. The minimum Gasteiger partial charge on any atom is -0.444 e. The lowest BCUT2D eigenvalue weighted by Gasteiger charge is -2.33. The van der Waals surface area contributed by atoms with Crippen molar-refractivity contribution in [1.29, 1.82) is 0 Å². The summed E-state index contributed by atoms with van der Waals surface area (Å²) in [4.78, 5) is 18.5. The van der Waals surface area contributed by atoms with E-state index < -0.39 is 11.4 Å². The molecule has 1 aromatic rings. The van der Waals surface area contributed by atoms with Crippen molar-refractivity contribution in [3.8, 4) is 0 Å². The summed E-state index contributed by atoms with van der Waals surface area (Å²) in [5.41, 5.74) is 0.464. The molecule has 6 heteroatoms. The zero-order valence-corrected chi connectivity index (χ0v) is 15.2. The highest BCUT2D eigenvalue weighted by Crippen LogP contribution is 2.37. The van der Waals surface area contributed by atoms with Crippen molar-refractivity contribution in [3.05, 3.63) is 30.1 Å². The van der Waals surface area contributed by atoms with Gasteiger partial charge in [-0.25, -0.2) is 4.79 Å². The molecule has 0 radical (unpaired) electrons. The lowest BCUT2D eigenvalue weighted by molar-refractivity contribution is -0.183. The maximum absolute atomic E-state index is 12.7. The molecule has 0 aromatic carbocycles. The normalized spacial score (nSPS) is 21.8. The predicted molar refractivity (Wildman–Crippen MR) is 90.3 cm³/mol. The van der Waals surface area contributed by atoms with E-state index in [0.717, 1.165) is 18.4 Å². The average Bonchev–Trinajstić information content (AvgIpc) is 2.87. The number of carbonyl (C=O) groups is 1. The highest BCUT2D eigenvalue weighted by molar-refractivity contribution is 5.70. The average molecular weight is 336 g/mol. The van der Waals surface area contributed by atoms with Gasteiger partial charge in [0.15, 0.2) is 5.79 Å². The van der Waals surface area contributed by atoms with Gasteiger partial charge in [-0.3, -0.25) is 9.88 Å². The van der Waals surface area contributed by atoms with Crippen LogP contribution < -0.4 is 0 Å². The summed E-state index contributed by atoms with van der Waals surface area (Å²) >= 11 is 0. The fourth-order valence-electron chi connectivity index (χ4n) is 2.85. The molecule has 0 unspecified atom stereocenters. The van der Waals surface area contributed by atoms with E-state index in [0.29, 0.717) is 0 Å². The SMILES string of the molecule is CC(C)(C)OC(=O)N1[C@H](COC(C)(C)O)CC[C@@H]1c1ccncc1. The van der Waals surface area contributed by atoms with Gasteiger partial charge in [0.25, 0.3) is 0 Å². The fourth-order valence-corrected chi connectivity index (χ4v) is 2.85. The molecule has 1 N–H and O–H groups in total. The molecule has 1 fully saturated rings. The Morgan fingerprint density at radius 1 is 1.25 bits per heavy atom. The van der Waals surface area contributed by atoms with Gasteiger partial charge in [0.1, 0.15) is 5.60 Å². The van der Waals surface area contributed by atoms with Gasteiger partial charge in [0, 0.05) is 12.4 Å². The van der Waals surface area contributed by atoms with Crippen molar-refractivity contribution >= 4 is 6.09 Å². The smallest absolute Gasteiger partial charge is 0.411 e. The van der Waals surface area contributed by atoms with Crippen molar-refractivity contribution in [2.24, 2.45) is 0 Å². The largest absolute Gasteiger partial charge is 0.444 e. The van der Waals surface area contributed by atoms with Crippen LogP contribution in [-0.2, 0) is 9.47 Å². The van der Waals surface area contributed by atoms with Crippen LogP contribution in [0.15, 0.2) is 24.5 Å². The molecule has 1 aliphatic rings. The third-order valence-corrected chi connectivity index (χ3v) is 3.83. The molecule has 1 aliphatic heterocycles. The first kappa shape index (κ1) is 18.7. The van der Waals surface area contributed by atoms with E-state index in [9.17, 15) is 9.90 Å². The number of hydrogen-bond donors (Lipinski definition) is 1. The van der Waals surface area contributed by atoms with Crippen LogP contribution in [0.2, 0.25) is 0 Å². The molecule has 2 rings (SSSR count). The number of rotatable bonds is 4. The highest BCUT2D eigenvalue weighted by Gasteiger charge is 2.40. The second kappa shape index (κ2) is 7.07. The number of pyridine rings is 1. The molecular formula is C18H28N2O4. The molecule has 2 heterocycles. The van der Waals surface area contributed by atoms with E-state index in [4.69, 9.17) is 9.47 Å². The van der Waals surface area contributed by atoms with Crippen molar-refractivity contribution in [2.75, 3.05) is 6.61 Å². The van der Waals surface area contributed by atoms with Crippen LogP contribution in [0.25, 0.3) is 0 Å². The number of carbonyl (C=O) groups excluding carboxylic acids is 1. The zero-order chi connectivity index (χ0) is 18.0. The predicted octanol–water partition coefficient (Wildman–Crippen LogP) is 3.27. The summed E-state index contributed by atoms with van der Waals surface area (Å²) in [7, 11) is 0. The third kappa shape index (κ3) is 5.18. The molecule has 1 aromatic heterocycles. The molecule has 1 saturated heterocycles. The number of nitrogens with zero attached hydrogens (tertiary/aromatic N) is 2. The Hall–Kier alpha value is -1.66. The van der Waals surface area contributed by atoms with Gasteiger partial charge in [-0.05, 0) is 65.2 Å². The first-order valence-electron chi connectivity index (χ1n) is 8.34. The molecule has 0 spiro atoms. The van der Waals surface area contributed by atoms with Gasteiger partial charge in [-0.15, -0.1) is 0 Å². The van der Waals surface area contributed by atoms with E-state index in [1.807, 2.05) is 32.9 Å². The van der Waals surface area contributed by atoms with Crippen LogP contribution in [-0.4, -0.2) is 45.1 Å². The van der Waals surface area contributed by atoms with Crippen LogP contribution in [0, 0.1) is 0 Å². The van der Waals surface area contributed by atoms with Crippen molar-refractivity contribution in [3.63, 3.8) is 0 Å². The Labute approximate surface area is 143 Å². The maximum Gasteiger partial charge on any atom is 0.411 e. The second-order valence-corrected chi connectivity index (χ2v) is 7.67. The number of likely N-dealkylation sites (tertiary alicyclic amines) is 1. The minimum absolute atomic E-state index is 0.0711. The first-order valence-corrected chi connectivity index (χ1v) is 8.34. The Morgan fingerprint density at radius 2 is 1.88 bits per heavy atom. The van der Waals surface area contributed by atoms with Crippen molar-refractivity contribution in [2.45, 2.75) is 70.9 Å². The quantitative estimate of drug-likeness (QED) is 0.855. The number of ether oxygens (including phenoxy) is 2. The third-order valence-electron chi connectivity index (χ3n) is 3.83. The molecule has 2 atom stereocenters. The van der Waals surface area contributed by atoms with Crippen LogP contribution in [0.5, 0.6) is 0 Å². The van der Waals surface area contributed by atoms with Gasteiger partial charge in [-0.2, -0.15) is 0 Å². The standard InChI is InChI=1S/C18H28N2O4/c1-17(2,3)24-16(21)20-14(12-23-18(4,5)22)6-7-15(20)13-8-10-19-11-9-13/h8-11,14-15,22H,6-7,12H2,1-5H3/t14-,15+/m0/s1. The van der Waals surface area contributed by atoms with Gasteiger partial charge < -0.3 is 14.6 Å². The fraction of sp³-hybridized carbons (Fsp3) is 0.667.